The van der Waals surface area contributed by atoms with E-state index in [1.807, 2.05) is 11.3 Å². The van der Waals surface area contributed by atoms with E-state index in [1.165, 1.54) is 86.3 Å². The Morgan fingerprint density at radius 1 is 0.717 bits per heavy atom. The summed E-state index contributed by atoms with van der Waals surface area (Å²) in [6, 6.07) is 42.7. The van der Waals surface area contributed by atoms with E-state index < -0.39 is 0 Å². The highest BCUT2D eigenvalue weighted by Crippen LogP contribution is 2.59. The van der Waals surface area contributed by atoms with Crippen molar-refractivity contribution >= 4 is 76.5 Å². The zero-order valence-electron chi connectivity index (χ0n) is 29.0. The van der Waals surface area contributed by atoms with Crippen molar-refractivity contribution in [2.75, 3.05) is 0 Å². The molecule has 250 valence electrons. The van der Waals surface area contributed by atoms with Crippen molar-refractivity contribution < 1.29 is 4.42 Å². The third-order valence-corrected chi connectivity index (χ3v) is 14.0. The van der Waals surface area contributed by atoms with Crippen molar-refractivity contribution in [3.8, 4) is 0 Å². The van der Waals surface area contributed by atoms with Gasteiger partial charge in [-0.05, 0) is 104 Å². The average molecular weight is 696 g/mol. The summed E-state index contributed by atoms with van der Waals surface area (Å²) in [5, 5.41) is 9.92. The van der Waals surface area contributed by atoms with Crippen LogP contribution in [-0.4, -0.2) is 0 Å². The summed E-state index contributed by atoms with van der Waals surface area (Å²) in [6.07, 6.45) is 13.1. The third kappa shape index (κ3) is 4.06. The van der Waals surface area contributed by atoms with Gasteiger partial charge < -0.3 is 4.42 Å². The molecule has 2 aromatic heterocycles. The molecular weight excluding hydrogens is 663 g/mol. The molecule has 4 unspecified atom stereocenters. The first-order valence-corrected chi connectivity index (χ1v) is 19.9. The van der Waals surface area contributed by atoms with Crippen molar-refractivity contribution in [1.29, 1.82) is 0 Å². The second kappa shape index (κ2) is 10.4. The molecule has 1 aliphatic heterocycles. The van der Waals surface area contributed by atoms with Crippen LogP contribution in [0.4, 0.5) is 5.88 Å². The molecule has 0 N–H and O–H groups in total. The maximum atomic E-state index is 6.79. The molecule has 3 heteroatoms. The van der Waals surface area contributed by atoms with E-state index in [9.17, 15) is 0 Å². The van der Waals surface area contributed by atoms with Gasteiger partial charge >= 0.3 is 0 Å². The number of furan rings is 1. The summed E-state index contributed by atoms with van der Waals surface area (Å²) >= 11 is 1.96. The predicted molar refractivity (Wildman–Crippen MR) is 219 cm³/mol. The van der Waals surface area contributed by atoms with Crippen LogP contribution in [0.1, 0.15) is 57.4 Å². The number of fused-ring (bicyclic) bond motifs is 15. The molecule has 4 atom stereocenters. The quantitative estimate of drug-likeness (QED) is 0.169. The van der Waals surface area contributed by atoms with Crippen LogP contribution in [0.15, 0.2) is 149 Å². The van der Waals surface area contributed by atoms with Crippen LogP contribution in [0.25, 0.3) is 59.3 Å². The maximum absolute atomic E-state index is 6.79. The van der Waals surface area contributed by atoms with E-state index >= 15 is 0 Å². The fourth-order valence-corrected chi connectivity index (χ4v) is 11.5. The van der Waals surface area contributed by atoms with Crippen LogP contribution in [0.5, 0.6) is 0 Å². The number of allylic oxidation sites excluding steroid dienone is 5. The van der Waals surface area contributed by atoms with E-state index in [-0.39, 0.29) is 0 Å². The van der Waals surface area contributed by atoms with Gasteiger partial charge in [-0.2, -0.15) is 0 Å². The molecule has 2 nitrogen and oxygen atoms in total. The summed E-state index contributed by atoms with van der Waals surface area (Å²) in [6.45, 7) is 0. The normalized spacial score (nSPS) is 22.0. The minimum Gasteiger partial charge on any atom is -0.437 e. The first kappa shape index (κ1) is 28.8. The highest BCUT2D eigenvalue weighted by atomic mass is 32.1. The molecule has 6 aromatic carbocycles. The van der Waals surface area contributed by atoms with E-state index in [4.69, 9.17) is 9.41 Å². The Morgan fingerprint density at radius 3 is 2.43 bits per heavy atom. The monoisotopic (exact) mass is 695 g/mol. The first-order chi connectivity index (χ1) is 26.3. The lowest BCUT2D eigenvalue weighted by Crippen LogP contribution is -2.24. The topological polar surface area (TPSA) is 25.5 Å². The van der Waals surface area contributed by atoms with Gasteiger partial charge in [0.25, 0.3) is 0 Å². The molecule has 0 bridgehead atoms. The molecule has 5 aliphatic rings. The fraction of sp³-hybridized carbons (Fsp3) is 0.140. The van der Waals surface area contributed by atoms with Crippen LogP contribution in [0.2, 0.25) is 0 Å². The zero-order valence-corrected chi connectivity index (χ0v) is 29.8. The molecule has 3 heterocycles. The minimum atomic E-state index is 0.360. The van der Waals surface area contributed by atoms with Crippen molar-refractivity contribution in [2.45, 2.75) is 31.1 Å². The number of benzene rings is 6. The molecular formula is C50H33NOS. The van der Waals surface area contributed by atoms with E-state index in [2.05, 4.69) is 140 Å². The van der Waals surface area contributed by atoms with Gasteiger partial charge in [0.1, 0.15) is 5.58 Å². The second-order valence-corrected chi connectivity index (χ2v) is 16.6. The van der Waals surface area contributed by atoms with E-state index in [1.54, 1.807) is 0 Å². The maximum Gasteiger partial charge on any atom is 0.224 e. The smallest absolute Gasteiger partial charge is 0.224 e. The van der Waals surface area contributed by atoms with Gasteiger partial charge in [-0.25, -0.2) is 4.99 Å². The van der Waals surface area contributed by atoms with Gasteiger partial charge in [-0.3, -0.25) is 0 Å². The molecule has 53 heavy (non-hydrogen) atoms. The van der Waals surface area contributed by atoms with E-state index in [0.29, 0.717) is 23.7 Å². The van der Waals surface area contributed by atoms with E-state index in [0.717, 1.165) is 41.5 Å². The van der Waals surface area contributed by atoms with Crippen molar-refractivity contribution in [3.63, 3.8) is 0 Å². The zero-order chi connectivity index (χ0) is 34.4. The Labute approximate surface area is 310 Å². The van der Waals surface area contributed by atoms with Crippen LogP contribution < -0.4 is 10.6 Å². The third-order valence-electron chi connectivity index (χ3n) is 12.8. The van der Waals surface area contributed by atoms with Crippen LogP contribution in [0, 0.1) is 11.8 Å². The highest BCUT2D eigenvalue weighted by molar-refractivity contribution is 7.20. The lowest BCUT2D eigenvalue weighted by atomic mass is 9.90. The molecule has 4 aliphatic carbocycles. The van der Waals surface area contributed by atoms with Gasteiger partial charge in [0.15, 0.2) is 0 Å². The first-order valence-electron chi connectivity index (χ1n) is 19.1. The van der Waals surface area contributed by atoms with Crippen LogP contribution in [-0.2, 0) is 6.42 Å². The Bertz CT molecular complexity index is 3180. The lowest BCUT2D eigenvalue weighted by molar-refractivity contribution is 0.621. The highest BCUT2D eigenvalue weighted by Gasteiger charge is 2.49. The van der Waals surface area contributed by atoms with Gasteiger partial charge in [-0.1, -0.05) is 133 Å². The standard InChI is InChI=1S/C50H33NOS/c1-3-14-36-32(11-1)33-12-2-4-15-38(33)48-46(36)47-42-26-40(42)34-21-19-28(25-43(34)51-50(47)52-48)27-20-22-37-41(24-27)45(37)30-10-7-9-29(23-30)31-16-8-17-39-35-13-5-6-18-44(35)53-49(31)39/h1-7,9-16,18-25,37,41-42,45H,8,17,26H2. The molecule has 0 spiro atoms. The summed E-state index contributed by atoms with van der Waals surface area (Å²) < 4.78 is 8.20. The minimum absolute atomic E-state index is 0.360. The van der Waals surface area contributed by atoms with Crippen molar-refractivity contribution in [2.24, 2.45) is 16.8 Å². The van der Waals surface area contributed by atoms with Crippen LogP contribution in [0.3, 0.4) is 0 Å². The number of thiophene rings is 1. The summed E-state index contributed by atoms with van der Waals surface area (Å²) in [7, 11) is 0. The van der Waals surface area contributed by atoms with Gasteiger partial charge in [-0.15, -0.1) is 11.3 Å². The van der Waals surface area contributed by atoms with Gasteiger partial charge in [0, 0.05) is 37.0 Å². The molecule has 2 fully saturated rings. The van der Waals surface area contributed by atoms with Crippen molar-refractivity contribution in [1.82, 2.24) is 0 Å². The molecule has 13 rings (SSSR count). The molecule has 0 saturated heterocycles. The Hall–Kier alpha value is -5.77. The summed E-state index contributed by atoms with van der Waals surface area (Å²) in [4.78, 5) is 6.79. The van der Waals surface area contributed by atoms with Gasteiger partial charge in [0.2, 0.25) is 5.88 Å². The largest absolute Gasteiger partial charge is 0.437 e. The number of hydrogen-bond donors (Lipinski definition) is 0. The Morgan fingerprint density at radius 2 is 1.53 bits per heavy atom. The molecule has 0 amide bonds. The number of nitrogens with zero attached hydrogens (tertiary/aromatic N) is 1. The second-order valence-electron chi connectivity index (χ2n) is 15.6. The lowest BCUT2D eigenvalue weighted by Gasteiger charge is -2.15. The molecule has 2 saturated carbocycles. The number of rotatable bonds is 3. The molecule has 0 radical (unpaired) electrons. The summed E-state index contributed by atoms with van der Waals surface area (Å²) in [5.41, 5.74) is 12.0. The van der Waals surface area contributed by atoms with Crippen molar-refractivity contribution in [3.05, 3.63) is 183 Å². The fourth-order valence-electron chi connectivity index (χ4n) is 10.2. The SMILES string of the molecule is C1=CC2C(C=C1c1ccc3c(c1)=Nc1oc4c5ccccc5c5ccccc5c4c1C1CC=31)C2c1cccc(C2=CCCc3c2sc2ccccc32)c1. The summed E-state index contributed by atoms with van der Waals surface area (Å²) in [5.74, 6) is 2.74. The van der Waals surface area contributed by atoms with Gasteiger partial charge in [0.05, 0.1) is 5.36 Å². The van der Waals surface area contributed by atoms with Crippen LogP contribution >= 0.6 is 11.3 Å². The number of hydrogen-bond acceptors (Lipinski definition) is 3. The number of aryl methyl sites for hydroxylation is 1. The molecule has 8 aromatic rings. The average Bonchev–Trinajstić information content (AvgIpc) is 4.08. The predicted octanol–water partition coefficient (Wildman–Crippen LogP) is 11.9. The Kier molecular flexibility index (Phi) is 5.66. The Balaban J connectivity index is 0.868.